The zero-order chi connectivity index (χ0) is 23.8. The second kappa shape index (κ2) is 11.6. The molecule has 0 bridgehead atoms. The average Bonchev–Trinajstić information content (AvgIpc) is 2.78. The number of aryl methyl sites for hydroxylation is 1. The third kappa shape index (κ3) is 7.17. The van der Waals surface area contributed by atoms with Gasteiger partial charge >= 0.3 is 0 Å². The number of aliphatic hydroxyl groups excluding tert-OH is 1. The van der Waals surface area contributed by atoms with Crippen LogP contribution in [0.15, 0.2) is 53.3 Å². The van der Waals surface area contributed by atoms with E-state index in [9.17, 15) is 19.8 Å². The van der Waals surface area contributed by atoms with Crippen molar-refractivity contribution in [3.63, 3.8) is 0 Å². The number of aromatic amines is 1. The van der Waals surface area contributed by atoms with Gasteiger partial charge < -0.3 is 25.8 Å². The predicted octanol–water partition coefficient (Wildman–Crippen LogP) is 3.86. The van der Waals surface area contributed by atoms with Crippen LogP contribution < -0.4 is 16.2 Å². The van der Waals surface area contributed by atoms with Crippen LogP contribution in [0.25, 0.3) is 10.9 Å². The topological polar surface area (TPSA) is 114 Å². The third-order valence-electron chi connectivity index (χ3n) is 5.58. The molecule has 176 valence electrons. The van der Waals surface area contributed by atoms with Crippen LogP contribution in [0.2, 0.25) is 0 Å². The lowest BCUT2D eigenvalue weighted by Gasteiger charge is -2.15. The number of pyridine rings is 1. The molecular formula is C26H33N3O4. The molecule has 1 atom stereocenters. The number of amides is 1. The molecule has 2 aromatic carbocycles. The van der Waals surface area contributed by atoms with E-state index >= 15 is 0 Å². The van der Waals surface area contributed by atoms with E-state index in [-0.39, 0.29) is 17.2 Å². The van der Waals surface area contributed by atoms with Crippen LogP contribution in [0.5, 0.6) is 5.75 Å². The van der Waals surface area contributed by atoms with Crippen LogP contribution in [0.1, 0.15) is 50.3 Å². The largest absolute Gasteiger partial charge is 0.506 e. The van der Waals surface area contributed by atoms with Crippen LogP contribution in [0, 0.1) is 5.92 Å². The van der Waals surface area contributed by atoms with Crippen LogP contribution in [-0.2, 0) is 11.2 Å². The van der Waals surface area contributed by atoms with Crippen molar-refractivity contribution in [2.75, 3.05) is 18.4 Å². The Bertz CT molecular complexity index is 1140. The summed E-state index contributed by atoms with van der Waals surface area (Å²) in [4.78, 5) is 26.2. The van der Waals surface area contributed by atoms with Gasteiger partial charge in [-0.2, -0.15) is 0 Å². The number of aliphatic hydroxyl groups is 1. The first-order chi connectivity index (χ1) is 15.8. The van der Waals surface area contributed by atoms with Crippen LogP contribution in [0.4, 0.5) is 5.69 Å². The summed E-state index contributed by atoms with van der Waals surface area (Å²) >= 11 is 0. The molecule has 1 aromatic heterocycles. The van der Waals surface area contributed by atoms with E-state index in [2.05, 4.69) is 29.5 Å². The Kier molecular flexibility index (Phi) is 8.63. The SMILES string of the molecule is CC(C)CCC(=O)Nc1cccc(CCCNCC(O)c2ccc(O)c3[nH]c(=O)ccc23)c1. The summed E-state index contributed by atoms with van der Waals surface area (Å²) in [6.07, 6.45) is 2.36. The van der Waals surface area contributed by atoms with E-state index in [4.69, 9.17) is 0 Å². The smallest absolute Gasteiger partial charge is 0.248 e. The molecule has 0 saturated carbocycles. The van der Waals surface area contributed by atoms with Crippen molar-refractivity contribution in [1.29, 1.82) is 0 Å². The van der Waals surface area contributed by atoms with Gasteiger partial charge in [0.05, 0.1) is 11.6 Å². The highest BCUT2D eigenvalue weighted by atomic mass is 16.3. The van der Waals surface area contributed by atoms with Gasteiger partial charge in [-0.3, -0.25) is 9.59 Å². The van der Waals surface area contributed by atoms with Crippen molar-refractivity contribution >= 4 is 22.5 Å². The van der Waals surface area contributed by atoms with E-state index in [1.807, 2.05) is 24.3 Å². The predicted molar refractivity (Wildman–Crippen MR) is 132 cm³/mol. The second-order valence-electron chi connectivity index (χ2n) is 8.79. The maximum atomic E-state index is 12.0. The normalized spacial score (nSPS) is 12.2. The summed E-state index contributed by atoms with van der Waals surface area (Å²) in [5, 5.41) is 27.5. The number of nitrogens with one attached hydrogen (secondary N) is 3. The summed E-state index contributed by atoms with van der Waals surface area (Å²) in [5.74, 6) is 0.525. The van der Waals surface area contributed by atoms with Crippen molar-refractivity contribution in [2.24, 2.45) is 5.92 Å². The Morgan fingerprint density at radius 2 is 1.94 bits per heavy atom. The number of rotatable bonds is 11. The molecule has 7 nitrogen and oxygen atoms in total. The number of phenols is 1. The van der Waals surface area contributed by atoms with E-state index in [0.717, 1.165) is 37.1 Å². The molecule has 0 spiro atoms. The van der Waals surface area contributed by atoms with E-state index in [1.165, 1.54) is 12.1 Å². The summed E-state index contributed by atoms with van der Waals surface area (Å²) in [7, 11) is 0. The zero-order valence-electron chi connectivity index (χ0n) is 19.2. The van der Waals surface area contributed by atoms with Gasteiger partial charge in [0, 0.05) is 30.1 Å². The maximum absolute atomic E-state index is 12.0. The molecule has 1 heterocycles. The quantitative estimate of drug-likeness (QED) is 0.284. The maximum Gasteiger partial charge on any atom is 0.248 e. The fourth-order valence-corrected chi connectivity index (χ4v) is 3.76. The minimum Gasteiger partial charge on any atom is -0.506 e. The molecule has 5 N–H and O–H groups in total. The highest BCUT2D eigenvalue weighted by Crippen LogP contribution is 2.28. The number of hydrogen-bond acceptors (Lipinski definition) is 5. The number of anilines is 1. The first-order valence-corrected chi connectivity index (χ1v) is 11.5. The fraction of sp³-hybridized carbons (Fsp3) is 0.385. The van der Waals surface area contributed by atoms with Crippen molar-refractivity contribution < 1.29 is 15.0 Å². The Labute approximate surface area is 193 Å². The fourth-order valence-electron chi connectivity index (χ4n) is 3.76. The van der Waals surface area contributed by atoms with E-state index in [1.54, 1.807) is 12.1 Å². The van der Waals surface area contributed by atoms with E-state index in [0.29, 0.717) is 35.3 Å². The van der Waals surface area contributed by atoms with Crippen LogP contribution in [0.3, 0.4) is 0 Å². The molecular weight excluding hydrogens is 418 g/mol. The van der Waals surface area contributed by atoms with Crippen molar-refractivity contribution in [3.05, 3.63) is 70.0 Å². The number of H-pyrrole nitrogens is 1. The van der Waals surface area contributed by atoms with Crippen LogP contribution in [-0.4, -0.2) is 34.2 Å². The van der Waals surface area contributed by atoms with Gasteiger partial charge in [-0.15, -0.1) is 0 Å². The summed E-state index contributed by atoms with van der Waals surface area (Å²) in [5.41, 5.74) is 2.64. The molecule has 0 aliphatic rings. The van der Waals surface area contributed by atoms with Gasteiger partial charge in [0.1, 0.15) is 5.75 Å². The average molecular weight is 452 g/mol. The summed E-state index contributed by atoms with van der Waals surface area (Å²) in [6.45, 7) is 5.28. The summed E-state index contributed by atoms with van der Waals surface area (Å²) in [6, 6.07) is 14.0. The number of carbonyl (C=O) groups excluding carboxylic acids is 1. The lowest BCUT2D eigenvalue weighted by Crippen LogP contribution is -2.23. The number of carbonyl (C=O) groups is 1. The minimum absolute atomic E-state index is 0.0232. The second-order valence-corrected chi connectivity index (χ2v) is 8.79. The van der Waals surface area contributed by atoms with E-state index < -0.39 is 6.10 Å². The monoisotopic (exact) mass is 451 g/mol. The lowest BCUT2D eigenvalue weighted by atomic mass is 10.0. The van der Waals surface area contributed by atoms with Gasteiger partial charge in [0.2, 0.25) is 11.5 Å². The molecule has 0 radical (unpaired) electrons. The van der Waals surface area contributed by atoms with Gasteiger partial charge in [-0.25, -0.2) is 0 Å². The molecule has 0 saturated heterocycles. The molecule has 7 heteroatoms. The van der Waals surface area contributed by atoms with Crippen LogP contribution >= 0.6 is 0 Å². The Morgan fingerprint density at radius 3 is 2.73 bits per heavy atom. The van der Waals surface area contributed by atoms with Gasteiger partial charge in [0.15, 0.2) is 0 Å². The van der Waals surface area contributed by atoms with Gasteiger partial charge in [-0.1, -0.05) is 32.0 Å². The molecule has 3 rings (SSSR count). The Balaban J connectivity index is 1.46. The Hall–Kier alpha value is -3.16. The van der Waals surface area contributed by atoms with Gasteiger partial charge in [-0.05, 0) is 67.1 Å². The number of aromatic hydroxyl groups is 1. The number of phenolic OH excluding ortho intramolecular Hbond substituents is 1. The number of fused-ring (bicyclic) bond motifs is 1. The molecule has 1 amide bonds. The molecule has 1 unspecified atom stereocenters. The first kappa shape index (κ1) is 24.5. The lowest BCUT2D eigenvalue weighted by molar-refractivity contribution is -0.116. The zero-order valence-corrected chi connectivity index (χ0v) is 19.2. The van der Waals surface area contributed by atoms with Crippen molar-refractivity contribution in [3.8, 4) is 5.75 Å². The molecule has 0 fully saturated rings. The standard InChI is InChI=1S/C26H33N3O4/c1-17(2)8-12-24(32)28-19-7-3-5-18(15-19)6-4-14-27-16-23(31)20-9-11-22(30)26-21(20)10-13-25(33)29-26/h3,5,7,9-11,13,15,17,23,27,30-31H,4,6,8,12,14,16H2,1-2H3,(H,28,32)(H,29,33). The molecule has 0 aliphatic heterocycles. The number of benzene rings is 2. The summed E-state index contributed by atoms with van der Waals surface area (Å²) < 4.78 is 0. The number of hydrogen-bond donors (Lipinski definition) is 5. The third-order valence-corrected chi connectivity index (χ3v) is 5.58. The Morgan fingerprint density at radius 1 is 1.12 bits per heavy atom. The highest BCUT2D eigenvalue weighted by molar-refractivity contribution is 5.90. The molecule has 33 heavy (non-hydrogen) atoms. The minimum atomic E-state index is -0.775. The van der Waals surface area contributed by atoms with Crippen molar-refractivity contribution in [2.45, 2.75) is 45.6 Å². The number of aromatic nitrogens is 1. The molecule has 0 aliphatic carbocycles. The highest BCUT2D eigenvalue weighted by Gasteiger charge is 2.13. The van der Waals surface area contributed by atoms with Crippen molar-refractivity contribution in [1.82, 2.24) is 10.3 Å². The first-order valence-electron chi connectivity index (χ1n) is 11.5. The van der Waals surface area contributed by atoms with Gasteiger partial charge in [0.25, 0.3) is 0 Å². The molecule has 3 aromatic rings.